The maximum Gasteiger partial charge on any atom is 0.346 e. The molecule has 0 spiro atoms. The minimum Gasteiger partial charge on any atom is -0.477 e. The van der Waals surface area contributed by atoms with Gasteiger partial charge in [0.1, 0.15) is 21.7 Å². The van der Waals surface area contributed by atoms with E-state index < -0.39 is 12.0 Å². The summed E-state index contributed by atoms with van der Waals surface area (Å²) >= 11 is 7.35. The molecular weight excluding hydrogens is 550 g/mol. The van der Waals surface area contributed by atoms with E-state index in [1.54, 1.807) is 19.1 Å². The number of hydrogen-bond donors (Lipinski definition) is 2. The zero-order valence-corrected chi connectivity index (χ0v) is 24.6. The van der Waals surface area contributed by atoms with Crippen LogP contribution in [0.15, 0.2) is 29.3 Å². The Kier molecular flexibility index (Phi) is 8.65. The molecule has 1 amide bonds. The Morgan fingerprint density at radius 2 is 1.88 bits per heavy atom. The van der Waals surface area contributed by atoms with Crippen LogP contribution in [0.3, 0.4) is 0 Å². The number of piperazine rings is 1. The van der Waals surface area contributed by atoms with E-state index in [1.807, 2.05) is 23.6 Å². The number of aromatic carboxylic acids is 1. The Morgan fingerprint density at radius 1 is 1.15 bits per heavy atom. The number of aryl methyl sites for hydroxylation is 1. The second-order valence-corrected chi connectivity index (χ2v) is 11.7. The van der Waals surface area contributed by atoms with Crippen molar-refractivity contribution in [3.05, 3.63) is 62.5 Å². The van der Waals surface area contributed by atoms with Crippen molar-refractivity contribution >= 4 is 40.5 Å². The number of aromatic nitrogens is 3. The molecule has 5 rings (SSSR count). The number of aliphatic imine (C=N–C) groups is 1. The third-order valence-corrected chi connectivity index (χ3v) is 9.00. The largest absolute Gasteiger partial charge is 0.477 e. The number of carboxylic acids is 1. The number of amides is 1. The van der Waals surface area contributed by atoms with Gasteiger partial charge < -0.3 is 20.2 Å². The highest BCUT2D eigenvalue weighted by Crippen LogP contribution is 2.40. The van der Waals surface area contributed by atoms with Crippen LogP contribution < -0.4 is 5.32 Å². The third-order valence-electron chi connectivity index (χ3n) is 7.48. The first kappa shape index (κ1) is 28.4. The molecule has 0 radical (unpaired) electrons. The van der Waals surface area contributed by atoms with Gasteiger partial charge in [-0.25, -0.2) is 4.79 Å². The van der Waals surface area contributed by atoms with E-state index in [4.69, 9.17) is 16.6 Å². The molecule has 0 saturated carbocycles. The van der Waals surface area contributed by atoms with Gasteiger partial charge in [0.15, 0.2) is 5.82 Å². The maximum absolute atomic E-state index is 13.2. The van der Waals surface area contributed by atoms with Gasteiger partial charge in [-0.05, 0) is 44.6 Å². The lowest BCUT2D eigenvalue weighted by Gasteiger charge is -2.32. The zero-order valence-electron chi connectivity index (χ0n) is 23.0. The van der Waals surface area contributed by atoms with Crippen molar-refractivity contribution in [1.29, 1.82) is 0 Å². The highest BCUT2D eigenvalue weighted by molar-refractivity contribution is 7.17. The molecule has 10 nitrogen and oxygen atoms in total. The number of carbonyl (C=O) groups excluding carboxylic acids is 1. The number of hydrogen-bond acceptors (Lipinski definition) is 8. The summed E-state index contributed by atoms with van der Waals surface area (Å²) in [4.78, 5) is 35.4. The average Bonchev–Trinajstić information content (AvgIpc) is 3.48. The highest BCUT2D eigenvalue weighted by atomic mass is 35.5. The molecular formula is C28H34ClN7O3S. The molecule has 0 bridgehead atoms. The van der Waals surface area contributed by atoms with Crippen LogP contribution in [0.2, 0.25) is 5.02 Å². The van der Waals surface area contributed by atoms with Crippen molar-refractivity contribution in [3.8, 4) is 5.00 Å². The summed E-state index contributed by atoms with van der Waals surface area (Å²) < 4.78 is 1.90. The first-order valence-corrected chi connectivity index (χ1v) is 14.8. The molecule has 2 aliphatic heterocycles. The van der Waals surface area contributed by atoms with Gasteiger partial charge in [-0.2, -0.15) is 0 Å². The van der Waals surface area contributed by atoms with Crippen molar-refractivity contribution in [1.82, 2.24) is 29.9 Å². The number of fused-ring (bicyclic) bond motifs is 3. The van der Waals surface area contributed by atoms with Gasteiger partial charge in [0, 0.05) is 55.3 Å². The first-order chi connectivity index (χ1) is 19.3. The molecule has 40 heavy (non-hydrogen) atoms. The highest BCUT2D eigenvalue weighted by Gasteiger charge is 2.34. The monoisotopic (exact) mass is 583 g/mol. The Labute approximate surface area is 242 Å². The number of halogens is 1. The number of carbonyl (C=O) groups is 2. The number of nitrogens with one attached hydrogen (secondary N) is 1. The van der Waals surface area contributed by atoms with Gasteiger partial charge in [0.25, 0.3) is 0 Å². The Bertz CT molecular complexity index is 1420. The molecule has 1 saturated heterocycles. The van der Waals surface area contributed by atoms with E-state index in [2.05, 4.69) is 32.4 Å². The lowest BCUT2D eigenvalue weighted by atomic mass is 9.99. The molecule has 2 aliphatic rings. The van der Waals surface area contributed by atoms with Gasteiger partial charge in [-0.1, -0.05) is 30.7 Å². The van der Waals surface area contributed by atoms with Crippen molar-refractivity contribution in [2.24, 2.45) is 4.99 Å². The van der Waals surface area contributed by atoms with E-state index in [0.29, 0.717) is 45.9 Å². The lowest BCUT2D eigenvalue weighted by molar-refractivity contribution is -0.121. The topological polar surface area (TPSA) is 116 Å². The van der Waals surface area contributed by atoms with E-state index >= 15 is 0 Å². The predicted molar refractivity (Wildman–Crippen MR) is 156 cm³/mol. The van der Waals surface area contributed by atoms with Crippen LogP contribution in [0.5, 0.6) is 0 Å². The fourth-order valence-corrected chi connectivity index (χ4v) is 6.53. The molecule has 2 N–H and O–H groups in total. The molecule has 0 aliphatic carbocycles. The number of nitrogens with zero attached hydrogens (tertiary/aromatic N) is 6. The molecule has 1 fully saturated rings. The lowest BCUT2D eigenvalue weighted by Crippen LogP contribution is -2.45. The Balaban J connectivity index is 1.44. The van der Waals surface area contributed by atoms with Gasteiger partial charge in [0.2, 0.25) is 5.91 Å². The molecule has 0 unspecified atom stereocenters. The van der Waals surface area contributed by atoms with Gasteiger partial charge in [0.05, 0.1) is 12.1 Å². The summed E-state index contributed by atoms with van der Waals surface area (Å²) in [5, 5.41) is 23.1. The molecule has 212 valence electrons. The van der Waals surface area contributed by atoms with Gasteiger partial charge in [-0.3, -0.25) is 14.4 Å². The second-order valence-electron chi connectivity index (χ2n) is 10.3. The summed E-state index contributed by atoms with van der Waals surface area (Å²) in [6.45, 7) is 9.57. The fourth-order valence-electron chi connectivity index (χ4n) is 5.23. The summed E-state index contributed by atoms with van der Waals surface area (Å²) in [5.41, 5.74) is 2.75. The summed E-state index contributed by atoms with van der Waals surface area (Å²) in [5.74, 6) is 0.127. The molecule has 1 atom stereocenters. The van der Waals surface area contributed by atoms with Crippen molar-refractivity contribution < 1.29 is 14.7 Å². The van der Waals surface area contributed by atoms with E-state index in [1.165, 1.54) is 11.3 Å². The Hall–Kier alpha value is -3.12. The standard InChI is InChI=1S/C28H34ClN7O3S/c1-4-21-32-33-26-20(16-22(37)30-10-5-11-35-14-12-34(3)13-15-35)31-24(18-6-8-19(29)9-7-18)23-17(2)25(28(38)39)40-27(23)36(21)26/h6-9,20H,4-5,10-16H2,1-3H3,(H,30,37)(H,38,39)/t20-/m1/s1. The van der Waals surface area contributed by atoms with Gasteiger partial charge >= 0.3 is 5.97 Å². The normalized spacial score (nSPS) is 17.6. The maximum atomic E-state index is 13.2. The van der Waals surface area contributed by atoms with Crippen LogP contribution in [0, 0.1) is 6.92 Å². The Morgan fingerprint density at radius 3 is 2.55 bits per heavy atom. The summed E-state index contributed by atoms with van der Waals surface area (Å²) in [7, 11) is 2.14. The molecule has 4 heterocycles. The number of likely N-dealkylation sites (N-methyl/N-ethyl adjacent to an activating group) is 1. The van der Waals surface area contributed by atoms with Crippen molar-refractivity contribution in [2.45, 2.75) is 39.2 Å². The first-order valence-electron chi connectivity index (χ1n) is 13.6. The molecule has 2 aromatic heterocycles. The average molecular weight is 584 g/mol. The van der Waals surface area contributed by atoms with Crippen LogP contribution in [-0.2, 0) is 11.2 Å². The van der Waals surface area contributed by atoms with E-state index in [0.717, 1.165) is 50.3 Å². The number of carboxylic acid groups (broad SMARTS) is 1. The van der Waals surface area contributed by atoms with Gasteiger partial charge in [-0.15, -0.1) is 21.5 Å². The van der Waals surface area contributed by atoms with Crippen molar-refractivity contribution in [2.75, 3.05) is 46.3 Å². The SMILES string of the molecule is CCc1nnc2n1-c1sc(C(=O)O)c(C)c1C(c1ccc(Cl)cc1)=N[C@@H]2CC(=O)NCCCN1CCN(C)CC1. The summed E-state index contributed by atoms with van der Waals surface area (Å²) in [6, 6.07) is 6.70. The van der Waals surface area contributed by atoms with Crippen LogP contribution in [0.4, 0.5) is 0 Å². The third kappa shape index (κ3) is 5.83. The molecule has 1 aromatic carbocycles. The van der Waals surface area contributed by atoms with Crippen molar-refractivity contribution in [3.63, 3.8) is 0 Å². The van der Waals surface area contributed by atoms with Crippen LogP contribution >= 0.6 is 22.9 Å². The fraction of sp³-hybridized carbons (Fsp3) is 0.464. The predicted octanol–water partition coefficient (Wildman–Crippen LogP) is 3.59. The molecule has 3 aromatic rings. The van der Waals surface area contributed by atoms with Crippen LogP contribution in [-0.4, -0.2) is 93.6 Å². The number of thiophene rings is 1. The number of benzene rings is 1. The van der Waals surface area contributed by atoms with E-state index in [-0.39, 0.29) is 17.2 Å². The number of rotatable bonds is 9. The quantitative estimate of drug-likeness (QED) is 0.370. The minimum atomic E-state index is -0.994. The summed E-state index contributed by atoms with van der Waals surface area (Å²) in [6.07, 6.45) is 1.57. The zero-order chi connectivity index (χ0) is 28.4. The van der Waals surface area contributed by atoms with Crippen LogP contribution in [0.25, 0.3) is 5.00 Å². The molecule has 12 heteroatoms. The van der Waals surface area contributed by atoms with Crippen LogP contribution in [0.1, 0.15) is 63.8 Å². The second kappa shape index (κ2) is 12.2. The minimum absolute atomic E-state index is 0.104. The smallest absolute Gasteiger partial charge is 0.346 e. The van der Waals surface area contributed by atoms with E-state index in [9.17, 15) is 14.7 Å².